The minimum atomic E-state index is -0.602. The molecule has 0 aliphatic rings. The largest absolute Gasteiger partial charge is 0.399 e. The minimum Gasteiger partial charge on any atom is -0.399 e. The third-order valence-corrected chi connectivity index (χ3v) is 0.933. The zero-order valence-electron chi connectivity index (χ0n) is 6.05. The Hall–Kier alpha value is -1.56. The highest BCUT2D eigenvalue weighted by Gasteiger charge is 1.83. The first-order chi connectivity index (χ1) is 5.20. The lowest BCUT2D eigenvalue weighted by Crippen LogP contribution is -1.92. The first kappa shape index (κ1) is 9.44. The highest BCUT2D eigenvalue weighted by Crippen LogP contribution is 1.93. The van der Waals surface area contributed by atoms with Gasteiger partial charge in [0.2, 0.25) is 0 Å². The first-order valence-corrected chi connectivity index (χ1v) is 2.99. The molecule has 2 nitrogen and oxygen atoms in total. The Morgan fingerprint density at radius 3 is 2.73 bits per heavy atom. The van der Waals surface area contributed by atoms with E-state index in [1.165, 1.54) is 18.2 Å². The van der Waals surface area contributed by atoms with Gasteiger partial charge in [-0.2, -0.15) is 5.26 Å². The van der Waals surface area contributed by atoms with Crippen LogP contribution in [0.25, 0.3) is 0 Å². The average Bonchev–Trinajstić information content (AvgIpc) is 2.01. The van der Waals surface area contributed by atoms with E-state index in [0.29, 0.717) is 11.3 Å². The van der Waals surface area contributed by atoms with Crippen LogP contribution < -0.4 is 5.73 Å². The molecule has 0 bridgehead atoms. The molecule has 0 aromatic heterocycles. The fourth-order valence-electron chi connectivity index (χ4n) is 0.391. The number of halogens is 1. The highest BCUT2D eigenvalue weighted by molar-refractivity contribution is 5.33. The molecular formula is C8H9FN2. The molecule has 0 heterocycles. The monoisotopic (exact) mass is 152 g/mol. The van der Waals surface area contributed by atoms with Gasteiger partial charge in [-0.05, 0) is 18.2 Å². The summed E-state index contributed by atoms with van der Waals surface area (Å²) in [6, 6.07) is 1.80. The van der Waals surface area contributed by atoms with E-state index in [4.69, 9.17) is 11.0 Å². The van der Waals surface area contributed by atoms with Gasteiger partial charge in [-0.1, -0.05) is 6.58 Å². The zero-order valence-corrected chi connectivity index (χ0v) is 6.05. The lowest BCUT2D eigenvalue weighted by Gasteiger charge is -1.87. The Labute approximate surface area is 65.1 Å². The maximum Gasteiger partial charge on any atom is 0.110 e. The van der Waals surface area contributed by atoms with Crippen molar-refractivity contribution in [1.29, 1.82) is 5.26 Å². The van der Waals surface area contributed by atoms with Crippen LogP contribution >= 0.6 is 0 Å². The third kappa shape index (κ3) is 4.91. The van der Waals surface area contributed by atoms with Crippen LogP contribution in [0, 0.1) is 11.3 Å². The summed E-state index contributed by atoms with van der Waals surface area (Å²) >= 11 is 0. The number of hydrogen-bond acceptors (Lipinski definition) is 2. The van der Waals surface area contributed by atoms with Gasteiger partial charge in [0.05, 0.1) is 6.07 Å². The standard InChI is InChI=1S/C8H9FN2/c1-7(6-10)2-3-8(11)4-5-9/h2-4H,1,5,11H2/b3-2-,8-4+. The highest BCUT2D eigenvalue weighted by atomic mass is 19.1. The molecule has 0 aromatic carbocycles. The lowest BCUT2D eigenvalue weighted by molar-refractivity contribution is 0.560. The van der Waals surface area contributed by atoms with Gasteiger partial charge in [0.15, 0.2) is 0 Å². The van der Waals surface area contributed by atoms with Gasteiger partial charge in [0, 0.05) is 11.3 Å². The summed E-state index contributed by atoms with van der Waals surface area (Å²) in [5, 5.41) is 8.24. The quantitative estimate of drug-likeness (QED) is 0.491. The summed E-state index contributed by atoms with van der Waals surface area (Å²) in [4.78, 5) is 0. The first-order valence-electron chi connectivity index (χ1n) is 2.99. The Balaban J connectivity index is 4.05. The van der Waals surface area contributed by atoms with E-state index in [1.807, 2.05) is 0 Å². The number of nitrogens with two attached hydrogens (primary N) is 1. The second-order valence-corrected chi connectivity index (χ2v) is 1.83. The van der Waals surface area contributed by atoms with Crippen molar-refractivity contribution in [1.82, 2.24) is 0 Å². The van der Waals surface area contributed by atoms with Gasteiger partial charge in [-0.15, -0.1) is 0 Å². The number of nitrogens with zero attached hydrogens (tertiary/aromatic N) is 1. The Bertz CT molecular complexity index is 233. The molecule has 0 aliphatic heterocycles. The van der Waals surface area contributed by atoms with Crippen molar-refractivity contribution in [3.63, 3.8) is 0 Å². The van der Waals surface area contributed by atoms with Gasteiger partial charge in [-0.3, -0.25) is 0 Å². The van der Waals surface area contributed by atoms with Crippen LogP contribution in [0.2, 0.25) is 0 Å². The van der Waals surface area contributed by atoms with Crippen LogP contribution in [0.15, 0.2) is 36.1 Å². The number of alkyl halides is 1. The molecule has 0 rings (SSSR count). The van der Waals surface area contributed by atoms with Crippen molar-refractivity contribution >= 4 is 0 Å². The van der Waals surface area contributed by atoms with Crippen molar-refractivity contribution in [2.75, 3.05) is 6.67 Å². The molecule has 58 valence electrons. The topological polar surface area (TPSA) is 49.8 Å². The molecule has 0 saturated carbocycles. The van der Waals surface area contributed by atoms with Crippen LogP contribution in [0.3, 0.4) is 0 Å². The molecule has 0 fully saturated rings. The SMILES string of the molecule is C=C(C#N)/C=C\C(N)=C/CF. The Kier molecular flexibility index (Phi) is 4.50. The van der Waals surface area contributed by atoms with Crippen LogP contribution in [0.4, 0.5) is 4.39 Å². The summed E-state index contributed by atoms with van der Waals surface area (Å²) in [5.41, 5.74) is 5.86. The molecule has 0 amide bonds. The number of rotatable bonds is 3. The summed E-state index contributed by atoms with van der Waals surface area (Å²) < 4.78 is 11.6. The van der Waals surface area contributed by atoms with Crippen molar-refractivity contribution in [2.24, 2.45) is 5.73 Å². The summed E-state index contributed by atoms with van der Waals surface area (Å²) in [6.45, 7) is 2.78. The molecule has 0 spiro atoms. The van der Waals surface area contributed by atoms with Crippen molar-refractivity contribution < 1.29 is 4.39 Å². The third-order valence-electron chi connectivity index (χ3n) is 0.933. The molecule has 0 radical (unpaired) electrons. The molecule has 0 aliphatic carbocycles. The predicted octanol–water partition coefficient (Wildman–Crippen LogP) is 1.43. The van der Waals surface area contributed by atoms with Crippen LogP contribution in [0.1, 0.15) is 0 Å². The second-order valence-electron chi connectivity index (χ2n) is 1.83. The van der Waals surface area contributed by atoms with Crippen LogP contribution in [0.5, 0.6) is 0 Å². The van der Waals surface area contributed by atoms with E-state index in [2.05, 4.69) is 6.58 Å². The molecule has 0 unspecified atom stereocenters. The van der Waals surface area contributed by atoms with E-state index in [-0.39, 0.29) is 0 Å². The normalized spacial score (nSPS) is 11.5. The molecule has 0 saturated heterocycles. The molecule has 11 heavy (non-hydrogen) atoms. The number of allylic oxidation sites excluding steroid dienone is 4. The van der Waals surface area contributed by atoms with E-state index in [1.54, 1.807) is 6.07 Å². The molecule has 3 heteroatoms. The summed E-state index contributed by atoms with van der Waals surface area (Å²) in [6.07, 6.45) is 4.08. The lowest BCUT2D eigenvalue weighted by atomic mass is 10.3. The molecule has 2 N–H and O–H groups in total. The zero-order chi connectivity index (χ0) is 8.69. The smallest absolute Gasteiger partial charge is 0.110 e. The van der Waals surface area contributed by atoms with Crippen molar-refractivity contribution in [3.05, 3.63) is 36.1 Å². The average molecular weight is 152 g/mol. The Morgan fingerprint density at radius 1 is 1.64 bits per heavy atom. The van der Waals surface area contributed by atoms with Gasteiger partial charge in [-0.25, -0.2) is 4.39 Å². The number of nitriles is 1. The van der Waals surface area contributed by atoms with Gasteiger partial charge >= 0.3 is 0 Å². The molecular weight excluding hydrogens is 143 g/mol. The van der Waals surface area contributed by atoms with Gasteiger partial charge < -0.3 is 5.73 Å². The fraction of sp³-hybridized carbons (Fsp3) is 0.125. The fourth-order valence-corrected chi connectivity index (χ4v) is 0.391. The van der Waals surface area contributed by atoms with Crippen molar-refractivity contribution in [3.8, 4) is 6.07 Å². The Morgan fingerprint density at radius 2 is 2.27 bits per heavy atom. The minimum absolute atomic E-state index is 0.292. The van der Waals surface area contributed by atoms with Gasteiger partial charge in [0.1, 0.15) is 6.67 Å². The second kappa shape index (κ2) is 5.24. The van der Waals surface area contributed by atoms with Crippen LogP contribution in [-0.2, 0) is 0 Å². The number of hydrogen-bond donors (Lipinski definition) is 1. The predicted molar refractivity (Wildman–Crippen MR) is 42.1 cm³/mol. The maximum absolute atomic E-state index is 11.6. The summed E-state index contributed by atoms with van der Waals surface area (Å²) in [7, 11) is 0. The molecule has 0 atom stereocenters. The van der Waals surface area contributed by atoms with E-state index >= 15 is 0 Å². The van der Waals surface area contributed by atoms with E-state index < -0.39 is 6.67 Å². The van der Waals surface area contributed by atoms with Crippen LogP contribution in [-0.4, -0.2) is 6.67 Å². The summed E-state index contributed by atoms with van der Waals surface area (Å²) in [5.74, 6) is 0. The van der Waals surface area contributed by atoms with Crippen molar-refractivity contribution in [2.45, 2.75) is 0 Å². The maximum atomic E-state index is 11.6. The van der Waals surface area contributed by atoms with E-state index in [9.17, 15) is 4.39 Å². The van der Waals surface area contributed by atoms with E-state index in [0.717, 1.165) is 0 Å². The molecule has 0 aromatic rings. The van der Waals surface area contributed by atoms with Gasteiger partial charge in [0.25, 0.3) is 0 Å².